The first-order valence-electron chi connectivity index (χ1n) is 7.62. The maximum atomic E-state index is 11.6. The van der Waals surface area contributed by atoms with Gasteiger partial charge in [-0.1, -0.05) is 19.1 Å². The van der Waals surface area contributed by atoms with Gasteiger partial charge in [-0.3, -0.25) is 4.79 Å². The van der Waals surface area contributed by atoms with E-state index in [1.807, 2.05) is 25.1 Å². The van der Waals surface area contributed by atoms with Crippen LogP contribution >= 0.6 is 0 Å². The van der Waals surface area contributed by atoms with Crippen LogP contribution in [0.25, 0.3) is 10.8 Å². The predicted octanol–water partition coefficient (Wildman–Crippen LogP) is 3.24. The van der Waals surface area contributed by atoms with Crippen LogP contribution in [0.4, 0.5) is 0 Å². The van der Waals surface area contributed by atoms with E-state index in [-0.39, 0.29) is 11.9 Å². The minimum absolute atomic E-state index is 0.101. The number of rotatable bonds is 5. The van der Waals surface area contributed by atoms with E-state index in [0.717, 1.165) is 28.7 Å². The topological polar surface area (TPSA) is 47.6 Å². The van der Waals surface area contributed by atoms with Crippen LogP contribution in [0.1, 0.15) is 31.2 Å². The lowest BCUT2D eigenvalue weighted by molar-refractivity contribution is -0.120. The number of fused-ring (bicyclic) bond motifs is 1. The Morgan fingerprint density at radius 3 is 2.68 bits per heavy atom. The van der Waals surface area contributed by atoms with Crippen LogP contribution in [-0.4, -0.2) is 26.2 Å². The number of carbonyl (C=O) groups excluding carboxylic acids is 1. The summed E-state index contributed by atoms with van der Waals surface area (Å²) in [5.74, 6) is 2.11. The molecule has 0 spiro atoms. The molecule has 0 saturated heterocycles. The summed E-state index contributed by atoms with van der Waals surface area (Å²) in [6.45, 7) is 1.87. The van der Waals surface area contributed by atoms with Crippen LogP contribution in [0.3, 0.4) is 0 Å². The number of benzene rings is 2. The number of amides is 1. The largest absolute Gasteiger partial charge is 0.497 e. The van der Waals surface area contributed by atoms with Crippen molar-refractivity contribution >= 4 is 16.7 Å². The van der Waals surface area contributed by atoms with Gasteiger partial charge in [-0.2, -0.15) is 0 Å². The minimum Gasteiger partial charge on any atom is -0.497 e. The van der Waals surface area contributed by atoms with Gasteiger partial charge in [0.05, 0.1) is 14.2 Å². The Hall–Kier alpha value is -2.23. The molecule has 0 aromatic heterocycles. The zero-order valence-electron chi connectivity index (χ0n) is 13.2. The summed E-state index contributed by atoms with van der Waals surface area (Å²) < 4.78 is 10.9. The molecule has 1 aliphatic rings. The first-order chi connectivity index (χ1) is 10.7. The fourth-order valence-electron chi connectivity index (χ4n) is 2.97. The predicted molar refractivity (Wildman–Crippen MR) is 86.6 cm³/mol. The van der Waals surface area contributed by atoms with E-state index in [1.54, 1.807) is 14.2 Å². The van der Waals surface area contributed by atoms with Crippen LogP contribution < -0.4 is 14.8 Å². The molecule has 4 heteroatoms. The van der Waals surface area contributed by atoms with Gasteiger partial charge in [0.2, 0.25) is 5.91 Å². The minimum atomic E-state index is 0.101. The van der Waals surface area contributed by atoms with E-state index in [4.69, 9.17) is 9.47 Å². The first-order valence-corrected chi connectivity index (χ1v) is 7.62. The van der Waals surface area contributed by atoms with Crippen LogP contribution in [0.5, 0.6) is 11.5 Å². The average molecular weight is 299 g/mol. The van der Waals surface area contributed by atoms with Crippen molar-refractivity contribution in [1.29, 1.82) is 0 Å². The molecule has 1 aliphatic carbocycles. The van der Waals surface area contributed by atoms with E-state index in [0.29, 0.717) is 12.3 Å². The van der Waals surface area contributed by atoms with E-state index in [2.05, 4.69) is 17.4 Å². The van der Waals surface area contributed by atoms with Crippen molar-refractivity contribution < 1.29 is 14.3 Å². The van der Waals surface area contributed by atoms with E-state index >= 15 is 0 Å². The van der Waals surface area contributed by atoms with Gasteiger partial charge in [-0.05, 0) is 35.4 Å². The second-order valence-electron chi connectivity index (χ2n) is 5.64. The molecule has 116 valence electrons. The fraction of sp³-hybridized carbons (Fsp3) is 0.389. The molecule has 2 atom stereocenters. The molecule has 1 fully saturated rings. The van der Waals surface area contributed by atoms with Gasteiger partial charge in [-0.15, -0.1) is 0 Å². The Morgan fingerprint density at radius 2 is 2.00 bits per heavy atom. The molecular formula is C18H21NO3. The second kappa shape index (κ2) is 5.87. The summed E-state index contributed by atoms with van der Waals surface area (Å²) >= 11 is 0. The average Bonchev–Trinajstić information content (AvgIpc) is 3.31. The molecule has 1 N–H and O–H groups in total. The number of hydrogen-bond donors (Lipinski definition) is 1. The molecule has 4 nitrogen and oxygen atoms in total. The molecule has 0 radical (unpaired) electrons. The molecule has 1 amide bonds. The third-order valence-corrected chi connectivity index (χ3v) is 4.28. The Kier molecular flexibility index (Phi) is 3.92. The van der Waals surface area contributed by atoms with Crippen molar-refractivity contribution in [2.24, 2.45) is 0 Å². The molecule has 2 aromatic carbocycles. The summed E-state index contributed by atoms with van der Waals surface area (Å²) in [6, 6.07) is 10.3. The quantitative estimate of drug-likeness (QED) is 0.922. The molecular weight excluding hydrogens is 278 g/mol. The summed E-state index contributed by atoms with van der Waals surface area (Å²) in [6.07, 6.45) is 1.47. The van der Waals surface area contributed by atoms with Crippen molar-refractivity contribution in [2.45, 2.75) is 31.7 Å². The third-order valence-electron chi connectivity index (χ3n) is 4.28. The molecule has 1 saturated carbocycles. The zero-order valence-corrected chi connectivity index (χ0v) is 13.2. The van der Waals surface area contributed by atoms with Crippen molar-refractivity contribution in [3.05, 3.63) is 35.9 Å². The first kappa shape index (κ1) is 14.7. The van der Waals surface area contributed by atoms with Gasteiger partial charge in [0, 0.05) is 23.9 Å². The monoisotopic (exact) mass is 299 g/mol. The van der Waals surface area contributed by atoms with Gasteiger partial charge < -0.3 is 14.8 Å². The summed E-state index contributed by atoms with van der Waals surface area (Å²) in [5.41, 5.74) is 1.17. The normalized spacial score (nSPS) is 19.8. The standard InChI is InChI=1S/C18H21NO3/c1-4-17(20)19-15-10-14(15)18-13-9-12(21-2)7-5-11(13)6-8-16(18)22-3/h5-9,14-15H,4,10H2,1-3H3,(H,19,20)/t14-,15-/m1/s1. The number of ether oxygens (including phenoxy) is 2. The number of carbonyl (C=O) groups is 1. The number of hydrogen-bond acceptors (Lipinski definition) is 3. The second-order valence-corrected chi connectivity index (χ2v) is 5.64. The fourth-order valence-corrected chi connectivity index (χ4v) is 2.97. The smallest absolute Gasteiger partial charge is 0.219 e. The molecule has 0 bridgehead atoms. The van der Waals surface area contributed by atoms with Crippen molar-refractivity contribution in [1.82, 2.24) is 5.32 Å². The van der Waals surface area contributed by atoms with E-state index in [9.17, 15) is 4.79 Å². The lowest BCUT2D eigenvalue weighted by Gasteiger charge is -2.13. The number of nitrogens with one attached hydrogen (secondary N) is 1. The van der Waals surface area contributed by atoms with Gasteiger partial charge in [-0.25, -0.2) is 0 Å². The van der Waals surface area contributed by atoms with Gasteiger partial charge in [0.25, 0.3) is 0 Å². The molecule has 0 unspecified atom stereocenters. The van der Waals surface area contributed by atoms with Crippen LogP contribution in [0.15, 0.2) is 30.3 Å². The van der Waals surface area contributed by atoms with E-state index < -0.39 is 0 Å². The van der Waals surface area contributed by atoms with Gasteiger partial charge >= 0.3 is 0 Å². The summed E-state index contributed by atoms with van der Waals surface area (Å²) in [7, 11) is 3.36. The van der Waals surface area contributed by atoms with Crippen LogP contribution in [0.2, 0.25) is 0 Å². The molecule has 3 rings (SSSR count). The summed E-state index contributed by atoms with van der Waals surface area (Å²) in [5, 5.41) is 5.36. The molecule has 0 aliphatic heterocycles. The van der Waals surface area contributed by atoms with Crippen molar-refractivity contribution in [2.75, 3.05) is 14.2 Å². The zero-order chi connectivity index (χ0) is 15.7. The molecule has 22 heavy (non-hydrogen) atoms. The van der Waals surface area contributed by atoms with Crippen LogP contribution in [0, 0.1) is 0 Å². The van der Waals surface area contributed by atoms with Crippen molar-refractivity contribution in [3.8, 4) is 11.5 Å². The Morgan fingerprint density at radius 1 is 1.23 bits per heavy atom. The van der Waals surface area contributed by atoms with Crippen molar-refractivity contribution in [3.63, 3.8) is 0 Å². The van der Waals surface area contributed by atoms with Gasteiger partial charge in [0.15, 0.2) is 0 Å². The highest BCUT2D eigenvalue weighted by atomic mass is 16.5. The Bertz CT molecular complexity index is 706. The number of methoxy groups -OCH3 is 2. The Balaban J connectivity index is 2.01. The highest BCUT2D eigenvalue weighted by Gasteiger charge is 2.42. The summed E-state index contributed by atoms with van der Waals surface area (Å²) in [4.78, 5) is 11.6. The third kappa shape index (κ3) is 2.61. The van der Waals surface area contributed by atoms with Gasteiger partial charge in [0.1, 0.15) is 11.5 Å². The van der Waals surface area contributed by atoms with E-state index in [1.165, 1.54) is 5.56 Å². The Labute approximate surface area is 130 Å². The maximum absolute atomic E-state index is 11.6. The SMILES string of the molecule is CCC(=O)N[C@@H]1C[C@H]1c1c(OC)ccc2ccc(OC)cc12. The lowest BCUT2D eigenvalue weighted by Crippen LogP contribution is -2.25. The highest BCUT2D eigenvalue weighted by Crippen LogP contribution is 2.48. The lowest BCUT2D eigenvalue weighted by atomic mass is 9.99. The van der Waals surface area contributed by atoms with Crippen LogP contribution in [-0.2, 0) is 4.79 Å². The highest BCUT2D eigenvalue weighted by molar-refractivity contribution is 5.90. The molecule has 0 heterocycles. The molecule has 2 aromatic rings. The maximum Gasteiger partial charge on any atom is 0.219 e.